The predicted octanol–water partition coefficient (Wildman–Crippen LogP) is 4.91. The Balaban J connectivity index is 1.48. The van der Waals surface area contributed by atoms with Crippen LogP contribution in [0, 0.1) is 5.41 Å². The maximum Gasteiger partial charge on any atom is 0.411 e. The summed E-state index contributed by atoms with van der Waals surface area (Å²) in [6.45, 7) is -0.0355. The van der Waals surface area contributed by atoms with Gasteiger partial charge in [-0.3, -0.25) is 15.5 Å². The van der Waals surface area contributed by atoms with Gasteiger partial charge in [-0.05, 0) is 48.0 Å². The molecule has 0 aliphatic rings. The fraction of sp³-hybridized carbons (Fsp3) is 0.115. The molecule has 8 nitrogen and oxygen atoms in total. The van der Waals surface area contributed by atoms with Crippen LogP contribution in [0.1, 0.15) is 26.9 Å². The molecule has 2 amide bonds. The van der Waals surface area contributed by atoms with Crippen molar-refractivity contribution in [2.45, 2.75) is 6.10 Å². The molecule has 0 fully saturated rings. The molecule has 4 aromatic rings. The van der Waals surface area contributed by atoms with Gasteiger partial charge in [0.05, 0.1) is 4.88 Å². The van der Waals surface area contributed by atoms with Crippen molar-refractivity contribution >= 4 is 44.9 Å². The molecular formula is C26H24N4O4S. The third kappa shape index (κ3) is 5.77. The van der Waals surface area contributed by atoms with E-state index in [2.05, 4.69) is 10.6 Å². The average Bonchev–Trinajstić information content (AvgIpc) is 3.33. The quantitative estimate of drug-likeness (QED) is 0.207. The van der Waals surface area contributed by atoms with Crippen molar-refractivity contribution in [2.24, 2.45) is 5.73 Å². The summed E-state index contributed by atoms with van der Waals surface area (Å²) < 4.78 is 12.7. The Bertz CT molecular complexity index is 1350. The predicted molar refractivity (Wildman–Crippen MR) is 137 cm³/mol. The molecule has 0 aliphatic heterocycles. The van der Waals surface area contributed by atoms with Crippen LogP contribution in [0.2, 0.25) is 0 Å². The van der Waals surface area contributed by atoms with Gasteiger partial charge < -0.3 is 20.5 Å². The number of nitrogens with two attached hydrogens (primary N) is 1. The lowest BCUT2D eigenvalue weighted by Crippen LogP contribution is -2.21. The van der Waals surface area contributed by atoms with E-state index in [9.17, 15) is 9.59 Å². The van der Waals surface area contributed by atoms with Gasteiger partial charge in [0, 0.05) is 28.4 Å². The Morgan fingerprint density at radius 1 is 1.03 bits per heavy atom. The Morgan fingerprint density at radius 3 is 2.46 bits per heavy atom. The molecule has 0 spiro atoms. The van der Waals surface area contributed by atoms with E-state index in [4.69, 9.17) is 20.6 Å². The summed E-state index contributed by atoms with van der Waals surface area (Å²) in [6, 6.07) is 23.4. The zero-order valence-corrected chi connectivity index (χ0v) is 19.7. The van der Waals surface area contributed by atoms with Crippen LogP contribution in [-0.2, 0) is 4.74 Å². The fourth-order valence-electron chi connectivity index (χ4n) is 3.44. The normalized spacial score (nSPS) is 11.5. The smallest absolute Gasteiger partial charge is 0.411 e. The van der Waals surface area contributed by atoms with Crippen LogP contribution in [0.15, 0.2) is 78.9 Å². The highest BCUT2D eigenvalue weighted by Crippen LogP contribution is 2.35. The van der Waals surface area contributed by atoms with Gasteiger partial charge >= 0.3 is 6.09 Å². The molecule has 0 aliphatic carbocycles. The Hall–Kier alpha value is -4.37. The lowest BCUT2D eigenvalue weighted by atomic mass is 10.1. The zero-order chi connectivity index (χ0) is 24.8. The van der Waals surface area contributed by atoms with E-state index in [-0.39, 0.29) is 18.3 Å². The van der Waals surface area contributed by atoms with Crippen LogP contribution < -0.4 is 21.1 Å². The third-order valence-electron chi connectivity index (χ3n) is 5.21. The number of hydrogen-bond acceptors (Lipinski definition) is 6. The van der Waals surface area contributed by atoms with Gasteiger partial charge in [-0.2, -0.15) is 0 Å². The number of carbonyl (C=O) groups is 2. The zero-order valence-electron chi connectivity index (χ0n) is 18.9. The first-order valence-corrected chi connectivity index (χ1v) is 11.6. The highest BCUT2D eigenvalue weighted by atomic mass is 32.1. The summed E-state index contributed by atoms with van der Waals surface area (Å²) in [4.78, 5) is 24.8. The number of amides is 2. The van der Waals surface area contributed by atoms with Crippen LogP contribution >= 0.6 is 11.3 Å². The minimum Gasteiger partial charge on any atom is -0.481 e. The number of amidine groups is 1. The first-order chi connectivity index (χ1) is 16.9. The molecular weight excluding hydrogens is 464 g/mol. The van der Waals surface area contributed by atoms with Gasteiger partial charge in [0.2, 0.25) is 0 Å². The van der Waals surface area contributed by atoms with Crippen LogP contribution in [0.3, 0.4) is 0 Å². The number of hydrogen-bond donors (Lipinski definition) is 4. The number of anilines is 1. The summed E-state index contributed by atoms with van der Waals surface area (Å²) in [6.07, 6.45) is -1.21. The molecule has 9 heteroatoms. The van der Waals surface area contributed by atoms with E-state index < -0.39 is 12.2 Å². The van der Waals surface area contributed by atoms with Crippen molar-refractivity contribution in [3.63, 3.8) is 0 Å². The van der Waals surface area contributed by atoms with E-state index in [1.165, 1.54) is 11.3 Å². The molecule has 1 atom stereocenters. The molecule has 5 N–H and O–H groups in total. The number of thiophene rings is 1. The fourth-order valence-corrected chi connectivity index (χ4v) is 4.38. The second-order valence-corrected chi connectivity index (χ2v) is 8.67. The van der Waals surface area contributed by atoms with E-state index >= 15 is 0 Å². The van der Waals surface area contributed by atoms with Crippen LogP contribution in [0.5, 0.6) is 5.75 Å². The standard InChI is InChI=1S/C26H24N4O4S/c1-29-25(31)17-10-12-18(13-11-17)30-26(32)33-15-21(16-6-3-2-4-7-16)34-20-8-5-9-22-19(20)14-23(35-22)24(27)28/h2-14,21H,15H2,1H3,(H3,27,28)(H,29,31)(H,30,32). The maximum absolute atomic E-state index is 12.5. The second-order valence-electron chi connectivity index (χ2n) is 7.59. The Morgan fingerprint density at radius 2 is 1.77 bits per heavy atom. The van der Waals surface area contributed by atoms with Crippen LogP contribution in [0.4, 0.5) is 10.5 Å². The third-order valence-corrected chi connectivity index (χ3v) is 6.35. The van der Waals surface area contributed by atoms with E-state index in [1.54, 1.807) is 31.3 Å². The van der Waals surface area contributed by atoms with E-state index in [1.807, 2.05) is 54.6 Å². The van der Waals surface area contributed by atoms with Crippen LogP contribution in [-0.4, -0.2) is 31.5 Å². The number of ether oxygens (including phenoxy) is 2. The van der Waals surface area contributed by atoms with Crippen molar-refractivity contribution in [3.8, 4) is 5.75 Å². The molecule has 1 aromatic heterocycles. The van der Waals surface area contributed by atoms with Gasteiger partial charge in [0.15, 0.2) is 6.10 Å². The minimum absolute atomic E-state index is 0.000111. The molecule has 178 valence electrons. The van der Waals surface area contributed by atoms with Gasteiger partial charge in [-0.25, -0.2) is 4.79 Å². The van der Waals surface area contributed by atoms with Crippen molar-refractivity contribution in [3.05, 3.63) is 94.9 Å². The number of carbonyl (C=O) groups excluding carboxylic acids is 2. The maximum atomic E-state index is 12.5. The molecule has 4 rings (SSSR count). The van der Waals surface area contributed by atoms with Crippen molar-refractivity contribution in [1.82, 2.24) is 5.32 Å². The number of nitrogens with one attached hydrogen (secondary N) is 3. The van der Waals surface area contributed by atoms with Gasteiger partial charge in [-0.15, -0.1) is 11.3 Å². The first-order valence-electron chi connectivity index (χ1n) is 10.8. The molecule has 1 unspecified atom stereocenters. The molecule has 0 saturated heterocycles. The SMILES string of the molecule is CNC(=O)c1ccc(NC(=O)OCC(Oc2cccc3sc(C(=N)N)cc23)c2ccccc2)cc1. The topological polar surface area (TPSA) is 127 Å². The molecule has 0 saturated carbocycles. The van der Waals surface area contributed by atoms with Crippen molar-refractivity contribution in [2.75, 3.05) is 19.0 Å². The highest BCUT2D eigenvalue weighted by molar-refractivity contribution is 7.20. The van der Waals surface area contributed by atoms with E-state index in [0.29, 0.717) is 21.9 Å². The summed E-state index contributed by atoms with van der Waals surface area (Å²) in [5.74, 6) is 0.395. The lowest BCUT2D eigenvalue weighted by molar-refractivity contribution is 0.0910. The molecule has 0 bridgehead atoms. The first kappa shape index (κ1) is 23.8. The molecule has 0 radical (unpaired) electrons. The van der Waals surface area contributed by atoms with Gasteiger partial charge in [0.25, 0.3) is 5.91 Å². The Labute approximate surface area is 206 Å². The lowest BCUT2D eigenvalue weighted by Gasteiger charge is -2.20. The van der Waals surface area contributed by atoms with Gasteiger partial charge in [-0.1, -0.05) is 36.4 Å². The number of nitrogen functional groups attached to an aromatic ring is 1. The second kappa shape index (κ2) is 10.7. The van der Waals surface area contributed by atoms with E-state index in [0.717, 1.165) is 15.6 Å². The van der Waals surface area contributed by atoms with Crippen molar-refractivity contribution < 1.29 is 19.1 Å². The minimum atomic E-state index is -0.644. The summed E-state index contributed by atoms with van der Waals surface area (Å²) in [5, 5.41) is 13.8. The van der Waals surface area contributed by atoms with Crippen LogP contribution in [0.25, 0.3) is 10.1 Å². The molecule has 3 aromatic carbocycles. The number of rotatable bonds is 8. The highest BCUT2D eigenvalue weighted by Gasteiger charge is 2.19. The molecule has 1 heterocycles. The average molecular weight is 489 g/mol. The molecule has 35 heavy (non-hydrogen) atoms. The van der Waals surface area contributed by atoms with Crippen molar-refractivity contribution in [1.29, 1.82) is 5.41 Å². The number of fused-ring (bicyclic) bond motifs is 1. The summed E-state index contributed by atoms with van der Waals surface area (Å²) in [5.41, 5.74) is 7.49. The largest absolute Gasteiger partial charge is 0.481 e. The summed E-state index contributed by atoms with van der Waals surface area (Å²) >= 11 is 1.42. The monoisotopic (exact) mass is 488 g/mol. The summed E-state index contributed by atoms with van der Waals surface area (Å²) in [7, 11) is 1.55. The Kier molecular flexibility index (Phi) is 7.27. The van der Waals surface area contributed by atoms with Gasteiger partial charge in [0.1, 0.15) is 18.2 Å². The number of benzene rings is 3.